The van der Waals surface area contributed by atoms with Gasteiger partial charge in [0.05, 0.1) is 20.2 Å². The molecule has 0 fully saturated rings. The zero-order valence-corrected chi connectivity index (χ0v) is 17.2. The summed E-state index contributed by atoms with van der Waals surface area (Å²) in [6.07, 6.45) is 0.873. The summed E-state index contributed by atoms with van der Waals surface area (Å²) in [7, 11) is 5.11. The Hall–Kier alpha value is -2.28. The maximum atomic E-state index is 11.8. The molecule has 1 aromatic rings. The van der Waals surface area contributed by atoms with Gasteiger partial charge in [-0.05, 0) is 30.0 Å². The van der Waals surface area contributed by atoms with Crippen LogP contribution in [0.3, 0.4) is 0 Å². The van der Waals surface area contributed by atoms with E-state index in [1.165, 1.54) is 0 Å². The minimum Gasteiger partial charge on any atom is -0.497 e. The van der Waals surface area contributed by atoms with Gasteiger partial charge in [-0.2, -0.15) is 0 Å². The Labute approximate surface area is 163 Å². The fraction of sp³-hybridized carbons (Fsp3) is 0.600. The topological polar surface area (TPSA) is 75.2 Å². The average molecular weight is 379 g/mol. The maximum absolute atomic E-state index is 11.8. The number of nitrogens with one attached hydrogen (secondary N) is 2. The molecule has 152 valence electrons. The number of benzene rings is 1. The van der Waals surface area contributed by atoms with E-state index >= 15 is 0 Å². The van der Waals surface area contributed by atoms with Crippen LogP contribution in [0.5, 0.6) is 5.75 Å². The second kappa shape index (κ2) is 13.0. The second-order valence-corrected chi connectivity index (χ2v) is 6.90. The molecule has 0 atom stereocenters. The first-order chi connectivity index (χ1) is 12.9. The largest absolute Gasteiger partial charge is 0.497 e. The van der Waals surface area contributed by atoms with Gasteiger partial charge in [0.25, 0.3) is 0 Å². The van der Waals surface area contributed by atoms with Crippen LogP contribution < -0.4 is 15.4 Å². The van der Waals surface area contributed by atoms with E-state index in [4.69, 9.17) is 9.47 Å². The smallest absolute Gasteiger partial charge is 0.241 e. The monoisotopic (exact) mass is 378 g/mol. The van der Waals surface area contributed by atoms with Crippen molar-refractivity contribution in [2.45, 2.75) is 26.8 Å². The average Bonchev–Trinajstić information content (AvgIpc) is 2.65. The molecule has 0 aliphatic heterocycles. The van der Waals surface area contributed by atoms with E-state index in [2.05, 4.69) is 29.5 Å². The molecule has 0 heterocycles. The van der Waals surface area contributed by atoms with Crippen LogP contribution >= 0.6 is 0 Å². The fourth-order valence-corrected chi connectivity index (χ4v) is 2.09. The minimum absolute atomic E-state index is 0.00536. The molecule has 0 saturated carbocycles. The van der Waals surface area contributed by atoms with Crippen molar-refractivity contribution >= 4 is 11.9 Å². The Balaban J connectivity index is 2.53. The van der Waals surface area contributed by atoms with Gasteiger partial charge in [-0.1, -0.05) is 26.0 Å². The van der Waals surface area contributed by atoms with Crippen LogP contribution in [0.15, 0.2) is 29.3 Å². The van der Waals surface area contributed by atoms with Crippen LogP contribution in [-0.4, -0.2) is 64.3 Å². The number of rotatable bonds is 11. The van der Waals surface area contributed by atoms with Crippen molar-refractivity contribution in [3.05, 3.63) is 29.8 Å². The standard InChI is InChI=1S/C20H34N4O3/c1-16(2)15-27-12-6-11-21-20(23-14-19(25)24(3)4)22-13-17-7-9-18(26-5)10-8-17/h7-10,16H,6,11-15H2,1-5H3,(H2,21,22,23). The van der Waals surface area contributed by atoms with Crippen LogP contribution in [0.1, 0.15) is 25.8 Å². The van der Waals surface area contributed by atoms with Crippen molar-refractivity contribution in [1.29, 1.82) is 0 Å². The highest BCUT2D eigenvalue weighted by molar-refractivity contribution is 5.86. The molecule has 0 aliphatic rings. The van der Waals surface area contributed by atoms with E-state index in [9.17, 15) is 4.79 Å². The maximum Gasteiger partial charge on any atom is 0.241 e. The van der Waals surface area contributed by atoms with Crippen molar-refractivity contribution in [3.63, 3.8) is 0 Å². The van der Waals surface area contributed by atoms with Crippen molar-refractivity contribution in [2.24, 2.45) is 10.9 Å². The van der Waals surface area contributed by atoms with Gasteiger partial charge in [-0.15, -0.1) is 0 Å². The Morgan fingerprint density at radius 3 is 2.48 bits per heavy atom. The molecule has 1 amide bonds. The molecule has 0 radical (unpaired) electrons. The number of aliphatic imine (C=N–C) groups is 1. The number of hydrogen-bond acceptors (Lipinski definition) is 4. The van der Waals surface area contributed by atoms with Gasteiger partial charge in [0, 0.05) is 33.9 Å². The number of likely N-dealkylation sites (N-methyl/N-ethyl adjacent to an activating group) is 1. The number of nitrogens with zero attached hydrogens (tertiary/aromatic N) is 2. The van der Waals surface area contributed by atoms with E-state index in [1.54, 1.807) is 26.1 Å². The molecule has 7 heteroatoms. The Bertz CT molecular complexity index is 571. The predicted molar refractivity (Wildman–Crippen MR) is 109 cm³/mol. The summed E-state index contributed by atoms with van der Waals surface area (Å²) in [6.45, 7) is 7.18. The summed E-state index contributed by atoms with van der Waals surface area (Å²) < 4.78 is 10.8. The molecular weight excluding hydrogens is 344 g/mol. The summed E-state index contributed by atoms with van der Waals surface area (Å²) in [5, 5.41) is 6.34. The quantitative estimate of drug-likeness (QED) is 0.349. The van der Waals surface area contributed by atoms with Gasteiger partial charge >= 0.3 is 0 Å². The van der Waals surface area contributed by atoms with Crippen molar-refractivity contribution in [2.75, 3.05) is 47.5 Å². The third-order valence-electron chi connectivity index (χ3n) is 3.69. The molecule has 0 aliphatic carbocycles. The number of amides is 1. The molecule has 1 rings (SSSR count). The fourth-order valence-electron chi connectivity index (χ4n) is 2.09. The molecule has 2 N–H and O–H groups in total. The number of hydrogen-bond donors (Lipinski definition) is 2. The molecular formula is C20H34N4O3. The second-order valence-electron chi connectivity index (χ2n) is 6.90. The van der Waals surface area contributed by atoms with Crippen LogP contribution in [0.2, 0.25) is 0 Å². The third-order valence-corrected chi connectivity index (χ3v) is 3.69. The van der Waals surface area contributed by atoms with Gasteiger partial charge in [0.1, 0.15) is 5.75 Å². The molecule has 0 saturated heterocycles. The molecule has 1 aromatic carbocycles. The van der Waals surface area contributed by atoms with E-state index in [-0.39, 0.29) is 12.5 Å². The first-order valence-electron chi connectivity index (χ1n) is 9.35. The van der Waals surface area contributed by atoms with Crippen molar-refractivity contribution in [3.8, 4) is 5.75 Å². The summed E-state index contributed by atoms with van der Waals surface area (Å²) in [4.78, 5) is 17.9. The van der Waals surface area contributed by atoms with Crippen molar-refractivity contribution in [1.82, 2.24) is 15.5 Å². The van der Waals surface area contributed by atoms with Gasteiger partial charge in [0.15, 0.2) is 5.96 Å². The molecule has 27 heavy (non-hydrogen) atoms. The first kappa shape index (κ1) is 22.8. The SMILES string of the molecule is COc1ccc(CN=C(NCCCOCC(C)C)NCC(=O)N(C)C)cc1. The number of methoxy groups -OCH3 is 1. The van der Waals surface area contributed by atoms with Crippen LogP contribution in [0, 0.1) is 5.92 Å². The summed E-state index contributed by atoms with van der Waals surface area (Å²) in [5.41, 5.74) is 1.07. The first-order valence-corrected chi connectivity index (χ1v) is 9.35. The lowest BCUT2D eigenvalue weighted by Crippen LogP contribution is -2.43. The predicted octanol–water partition coefficient (Wildman–Crippen LogP) is 1.88. The van der Waals surface area contributed by atoms with E-state index in [0.29, 0.717) is 25.0 Å². The van der Waals surface area contributed by atoms with E-state index in [1.807, 2.05) is 24.3 Å². The lowest BCUT2D eigenvalue weighted by atomic mass is 10.2. The molecule has 0 bridgehead atoms. The minimum atomic E-state index is -0.00536. The molecule has 7 nitrogen and oxygen atoms in total. The summed E-state index contributed by atoms with van der Waals surface area (Å²) >= 11 is 0. The van der Waals surface area contributed by atoms with E-state index < -0.39 is 0 Å². The zero-order chi connectivity index (χ0) is 20.1. The summed E-state index contributed by atoms with van der Waals surface area (Å²) in [6, 6.07) is 7.77. The third kappa shape index (κ3) is 10.5. The van der Waals surface area contributed by atoms with Crippen LogP contribution in [0.4, 0.5) is 0 Å². The molecule has 0 aromatic heterocycles. The Morgan fingerprint density at radius 2 is 1.89 bits per heavy atom. The number of carbonyl (C=O) groups is 1. The van der Waals surface area contributed by atoms with Crippen molar-refractivity contribution < 1.29 is 14.3 Å². The van der Waals surface area contributed by atoms with Gasteiger partial charge < -0.3 is 25.0 Å². The highest BCUT2D eigenvalue weighted by Crippen LogP contribution is 2.11. The lowest BCUT2D eigenvalue weighted by Gasteiger charge is -2.15. The molecule has 0 unspecified atom stereocenters. The highest BCUT2D eigenvalue weighted by atomic mass is 16.5. The molecule has 0 spiro atoms. The number of ether oxygens (including phenoxy) is 2. The van der Waals surface area contributed by atoms with Gasteiger partial charge in [-0.3, -0.25) is 4.79 Å². The lowest BCUT2D eigenvalue weighted by molar-refractivity contribution is -0.127. The summed E-state index contributed by atoms with van der Waals surface area (Å²) in [5.74, 6) is 1.97. The van der Waals surface area contributed by atoms with Crippen LogP contribution in [0.25, 0.3) is 0 Å². The van der Waals surface area contributed by atoms with Crippen LogP contribution in [-0.2, 0) is 16.1 Å². The zero-order valence-electron chi connectivity index (χ0n) is 17.2. The van der Waals surface area contributed by atoms with Gasteiger partial charge in [0.2, 0.25) is 5.91 Å². The Kier molecular flexibility index (Phi) is 10.9. The number of carbonyl (C=O) groups excluding carboxylic acids is 1. The highest BCUT2D eigenvalue weighted by Gasteiger charge is 2.06. The number of guanidine groups is 1. The Morgan fingerprint density at radius 1 is 1.19 bits per heavy atom. The van der Waals surface area contributed by atoms with E-state index in [0.717, 1.165) is 30.9 Å². The van der Waals surface area contributed by atoms with Gasteiger partial charge in [-0.25, -0.2) is 4.99 Å². The normalized spacial score (nSPS) is 11.4.